The lowest BCUT2D eigenvalue weighted by molar-refractivity contribution is 0.415. The summed E-state index contributed by atoms with van der Waals surface area (Å²) in [7, 11) is 1.70. The lowest BCUT2D eigenvalue weighted by Gasteiger charge is -2.19. The Morgan fingerprint density at radius 1 is 1.31 bits per heavy atom. The summed E-state index contributed by atoms with van der Waals surface area (Å²) in [6.07, 6.45) is 5.32. The molecule has 1 aromatic rings. The summed E-state index contributed by atoms with van der Waals surface area (Å²) in [6, 6.07) is 8.89. The second-order valence-electron chi connectivity index (χ2n) is 4.61. The van der Waals surface area contributed by atoms with Crippen LogP contribution in [0.5, 0.6) is 5.75 Å². The van der Waals surface area contributed by atoms with Crippen LogP contribution in [0.15, 0.2) is 24.3 Å². The SMILES string of the molecule is CCCC(Nc1ccc(OC)cc1)C1CC1. The van der Waals surface area contributed by atoms with Gasteiger partial charge in [-0.05, 0) is 49.4 Å². The molecule has 0 radical (unpaired) electrons. The third-order valence-corrected chi connectivity index (χ3v) is 3.23. The molecule has 1 unspecified atom stereocenters. The number of methoxy groups -OCH3 is 1. The van der Waals surface area contributed by atoms with Crippen LogP contribution in [0.3, 0.4) is 0 Å². The Labute approximate surface area is 98.0 Å². The molecule has 1 aliphatic carbocycles. The summed E-state index contributed by atoms with van der Waals surface area (Å²) in [5, 5.41) is 3.64. The van der Waals surface area contributed by atoms with E-state index in [0.717, 1.165) is 11.7 Å². The first-order chi connectivity index (χ1) is 7.83. The molecule has 0 bridgehead atoms. The lowest BCUT2D eigenvalue weighted by Crippen LogP contribution is -2.21. The van der Waals surface area contributed by atoms with Gasteiger partial charge in [0.2, 0.25) is 0 Å². The van der Waals surface area contributed by atoms with Gasteiger partial charge in [-0.15, -0.1) is 0 Å². The molecule has 2 rings (SSSR count). The summed E-state index contributed by atoms with van der Waals surface area (Å²) < 4.78 is 5.15. The van der Waals surface area contributed by atoms with Gasteiger partial charge >= 0.3 is 0 Å². The van der Waals surface area contributed by atoms with Crippen molar-refractivity contribution in [2.45, 2.75) is 38.6 Å². The van der Waals surface area contributed by atoms with Crippen LogP contribution < -0.4 is 10.1 Å². The first kappa shape index (κ1) is 11.3. The van der Waals surface area contributed by atoms with Crippen molar-refractivity contribution in [1.82, 2.24) is 0 Å². The molecule has 1 N–H and O–H groups in total. The van der Waals surface area contributed by atoms with Crippen LogP contribution in [0.2, 0.25) is 0 Å². The van der Waals surface area contributed by atoms with Crippen LogP contribution in [0.1, 0.15) is 32.6 Å². The molecule has 0 spiro atoms. The monoisotopic (exact) mass is 219 g/mol. The van der Waals surface area contributed by atoms with Crippen LogP contribution in [-0.4, -0.2) is 13.2 Å². The summed E-state index contributed by atoms with van der Waals surface area (Å²) >= 11 is 0. The molecule has 16 heavy (non-hydrogen) atoms. The number of anilines is 1. The molecule has 1 aromatic carbocycles. The first-order valence-electron chi connectivity index (χ1n) is 6.24. The van der Waals surface area contributed by atoms with Gasteiger partial charge in [0, 0.05) is 11.7 Å². The number of rotatable bonds is 6. The standard InChI is InChI=1S/C14H21NO/c1-3-4-14(11-5-6-11)15-12-7-9-13(16-2)10-8-12/h7-11,14-15H,3-6H2,1-2H3. The van der Waals surface area contributed by atoms with Gasteiger partial charge < -0.3 is 10.1 Å². The van der Waals surface area contributed by atoms with E-state index in [1.165, 1.54) is 31.4 Å². The van der Waals surface area contributed by atoms with Gasteiger partial charge in [0.25, 0.3) is 0 Å². The number of hydrogen-bond donors (Lipinski definition) is 1. The van der Waals surface area contributed by atoms with Crippen molar-refractivity contribution in [3.63, 3.8) is 0 Å². The largest absolute Gasteiger partial charge is 0.497 e. The Kier molecular flexibility index (Phi) is 3.70. The van der Waals surface area contributed by atoms with E-state index in [-0.39, 0.29) is 0 Å². The fraction of sp³-hybridized carbons (Fsp3) is 0.571. The van der Waals surface area contributed by atoms with Gasteiger partial charge in [0.15, 0.2) is 0 Å². The maximum absolute atomic E-state index is 5.15. The highest BCUT2D eigenvalue weighted by Crippen LogP contribution is 2.36. The number of hydrogen-bond acceptors (Lipinski definition) is 2. The third kappa shape index (κ3) is 2.91. The first-order valence-corrected chi connectivity index (χ1v) is 6.24. The molecule has 1 aliphatic rings. The predicted octanol–water partition coefficient (Wildman–Crippen LogP) is 3.69. The molecule has 0 aromatic heterocycles. The number of ether oxygens (including phenoxy) is 1. The zero-order valence-electron chi connectivity index (χ0n) is 10.2. The Balaban J connectivity index is 1.94. The van der Waals surface area contributed by atoms with Gasteiger partial charge in [-0.2, -0.15) is 0 Å². The van der Waals surface area contributed by atoms with E-state index in [1.54, 1.807) is 7.11 Å². The Morgan fingerprint density at radius 3 is 2.50 bits per heavy atom. The molecule has 0 aliphatic heterocycles. The van der Waals surface area contributed by atoms with Crippen molar-refractivity contribution in [1.29, 1.82) is 0 Å². The minimum Gasteiger partial charge on any atom is -0.497 e. The number of nitrogens with one attached hydrogen (secondary N) is 1. The van der Waals surface area contributed by atoms with Crippen LogP contribution in [0.25, 0.3) is 0 Å². The highest BCUT2D eigenvalue weighted by Gasteiger charge is 2.30. The molecular formula is C14H21NO. The van der Waals surface area contributed by atoms with E-state index in [4.69, 9.17) is 4.74 Å². The van der Waals surface area contributed by atoms with Crippen LogP contribution in [-0.2, 0) is 0 Å². The fourth-order valence-electron chi connectivity index (χ4n) is 2.14. The van der Waals surface area contributed by atoms with Crippen molar-refractivity contribution in [3.05, 3.63) is 24.3 Å². The van der Waals surface area contributed by atoms with Gasteiger partial charge in [0.05, 0.1) is 7.11 Å². The van der Waals surface area contributed by atoms with Gasteiger partial charge in [-0.3, -0.25) is 0 Å². The van der Waals surface area contributed by atoms with Crippen molar-refractivity contribution in [3.8, 4) is 5.75 Å². The van der Waals surface area contributed by atoms with Crippen LogP contribution in [0.4, 0.5) is 5.69 Å². The van der Waals surface area contributed by atoms with Crippen LogP contribution >= 0.6 is 0 Å². The molecule has 1 fully saturated rings. The molecular weight excluding hydrogens is 198 g/mol. The Bertz CT molecular complexity index is 316. The highest BCUT2D eigenvalue weighted by atomic mass is 16.5. The summed E-state index contributed by atoms with van der Waals surface area (Å²) in [6.45, 7) is 2.26. The van der Waals surface area contributed by atoms with Gasteiger partial charge in [-0.1, -0.05) is 13.3 Å². The van der Waals surface area contributed by atoms with E-state index in [1.807, 2.05) is 12.1 Å². The molecule has 2 heteroatoms. The fourth-order valence-corrected chi connectivity index (χ4v) is 2.14. The second kappa shape index (κ2) is 5.24. The number of benzene rings is 1. The maximum atomic E-state index is 5.15. The summed E-state index contributed by atoms with van der Waals surface area (Å²) in [4.78, 5) is 0. The van der Waals surface area contributed by atoms with Crippen molar-refractivity contribution in [2.75, 3.05) is 12.4 Å². The van der Waals surface area contributed by atoms with E-state index >= 15 is 0 Å². The second-order valence-corrected chi connectivity index (χ2v) is 4.61. The molecule has 0 amide bonds. The van der Waals surface area contributed by atoms with E-state index < -0.39 is 0 Å². The molecule has 0 saturated heterocycles. The minimum atomic E-state index is 0.665. The maximum Gasteiger partial charge on any atom is 0.119 e. The van der Waals surface area contributed by atoms with Crippen molar-refractivity contribution in [2.24, 2.45) is 5.92 Å². The normalized spacial score (nSPS) is 16.9. The van der Waals surface area contributed by atoms with Crippen LogP contribution in [0, 0.1) is 5.92 Å². The lowest BCUT2D eigenvalue weighted by atomic mass is 10.1. The quantitative estimate of drug-likeness (QED) is 0.788. The van der Waals surface area contributed by atoms with E-state index in [9.17, 15) is 0 Å². The predicted molar refractivity (Wildman–Crippen MR) is 68.0 cm³/mol. The smallest absolute Gasteiger partial charge is 0.119 e. The van der Waals surface area contributed by atoms with Crippen molar-refractivity contribution < 1.29 is 4.74 Å². The highest BCUT2D eigenvalue weighted by molar-refractivity contribution is 5.47. The minimum absolute atomic E-state index is 0.665. The van der Waals surface area contributed by atoms with Gasteiger partial charge in [0.1, 0.15) is 5.75 Å². The average Bonchev–Trinajstić information content (AvgIpc) is 3.13. The molecule has 88 valence electrons. The molecule has 0 heterocycles. The van der Waals surface area contributed by atoms with Gasteiger partial charge in [-0.25, -0.2) is 0 Å². The summed E-state index contributed by atoms with van der Waals surface area (Å²) in [5.74, 6) is 1.83. The van der Waals surface area contributed by atoms with E-state index in [2.05, 4.69) is 24.4 Å². The topological polar surface area (TPSA) is 21.3 Å². The third-order valence-electron chi connectivity index (χ3n) is 3.23. The Hall–Kier alpha value is -1.18. The molecule has 1 saturated carbocycles. The molecule has 1 atom stereocenters. The zero-order valence-corrected chi connectivity index (χ0v) is 10.2. The molecule has 2 nitrogen and oxygen atoms in total. The zero-order chi connectivity index (χ0) is 11.4. The van der Waals surface area contributed by atoms with Crippen molar-refractivity contribution >= 4 is 5.69 Å². The summed E-state index contributed by atoms with van der Waals surface area (Å²) in [5.41, 5.74) is 1.21. The Morgan fingerprint density at radius 2 is 2.00 bits per heavy atom. The van der Waals surface area contributed by atoms with E-state index in [0.29, 0.717) is 6.04 Å². The average molecular weight is 219 g/mol.